The minimum Gasteiger partial charge on any atom is -0.454 e. The molecular weight excluding hydrogens is 400 g/mol. The lowest BCUT2D eigenvalue weighted by atomic mass is 10.0. The van der Waals surface area contributed by atoms with Gasteiger partial charge in [0.2, 0.25) is 0 Å². The molecule has 164 valence electrons. The average Bonchev–Trinajstić information content (AvgIpc) is 2.84. The summed E-state index contributed by atoms with van der Waals surface area (Å²) >= 11 is 0. The van der Waals surface area contributed by atoms with E-state index in [-0.39, 0.29) is 6.10 Å². The third kappa shape index (κ3) is 6.42. The van der Waals surface area contributed by atoms with Gasteiger partial charge in [-0.15, -0.1) is 0 Å². The Balaban J connectivity index is 1.65. The highest BCUT2D eigenvalue weighted by Gasteiger charge is 2.16. The molecule has 0 saturated heterocycles. The molecule has 0 aliphatic heterocycles. The lowest BCUT2D eigenvalue weighted by Crippen LogP contribution is -2.11. The number of esters is 2. The van der Waals surface area contributed by atoms with Gasteiger partial charge >= 0.3 is 11.9 Å². The second-order valence-corrected chi connectivity index (χ2v) is 7.53. The van der Waals surface area contributed by atoms with Gasteiger partial charge in [0.05, 0.1) is 5.56 Å². The molecular formula is C28H28O4. The van der Waals surface area contributed by atoms with Crippen molar-refractivity contribution in [1.82, 2.24) is 0 Å². The van der Waals surface area contributed by atoms with E-state index in [1.54, 1.807) is 24.3 Å². The normalized spacial score (nSPS) is 11.4. The largest absolute Gasteiger partial charge is 0.454 e. The van der Waals surface area contributed by atoms with E-state index in [0.29, 0.717) is 11.3 Å². The summed E-state index contributed by atoms with van der Waals surface area (Å²) in [6.45, 7) is 5.59. The van der Waals surface area contributed by atoms with E-state index in [4.69, 9.17) is 9.47 Å². The van der Waals surface area contributed by atoms with E-state index >= 15 is 0 Å². The molecule has 4 heteroatoms. The molecule has 3 aromatic carbocycles. The molecule has 0 aliphatic carbocycles. The van der Waals surface area contributed by atoms with Gasteiger partial charge in [0, 0.05) is 6.08 Å². The van der Waals surface area contributed by atoms with Crippen LogP contribution in [0.4, 0.5) is 0 Å². The van der Waals surface area contributed by atoms with E-state index in [1.165, 1.54) is 6.08 Å². The lowest BCUT2D eigenvalue weighted by Gasteiger charge is -2.17. The van der Waals surface area contributed by atoms with Crippen molar-refractivity contribution in [2.75, 3.05) is 0 Å². The maximum absolute atomic E-state index is 12.6. The minimum absolute atomic E-state index is 0.359. The van der Waals surface area contributed by atoms with Crippen LogP contribution in [-0.2, 0) is 9.53 Å². The Morgan fingerprint density at radius 3 is 2.16 bits per heavy atom. The van der Waals surface area contributed by atoms with Gasteiger partial charge in [-0.3, -0.25) is 0 Å². The number of carbonyl (C=O) groups is 2. The summed E-state index contributed by atoms with van der Waals surface area (Å²) in [5.41, 5.74) is 3.44. The Morgan fingerprint density at radius 1 is 0.875 bits per heavy atom. The highest BCUT2D eigenvalue weighted by atomic mass is 16.5. The zero-order valence-corrected chi connectivity index (χ0v) is 18.3. The molecule has 1 atom stereocenters. The molecule has 0 spiro atoms. The SMILES string of the molecule is C=CC(=O)OC(CCCCC)c1ccc(C(=O)Oc2ccc(-c3ccccc3)cc2)cc1. The smallest absolute Gasteiger partial charge is 0.343 e. The van der Waals surface area contributed by atoms with Gasteiger partial charge in [-0.1, -0.05) is 80.9 Å². The monoisotopic (exact) mass is 428 g/mol. The van der Waals surface area contributed by atoms with Crippen molar-refractivity contribution in [3.63, 3.8) is 0 Å². The fraction of sp³-hybridized carbons (Fsp3) is 0.214. The Morgan fingerprint density at radius 2 is 1.53 bits per heavy atom. The standard InChI is InChI=1S/C28H28O4/c1-3-5-7-12-26(32-27(29)4-2)23-13-15-24(16-14-23)28(30)31-25-19-17-22(18-20-25)21-10-8-6-9-11-21/h4,6,8-11,13-20,26H,2-3,5,7,12H2,1H3. The number of hydrogen-bond acceptors (Lipinski definition) is 4. The van der Waals surface area contributed by atoms with Crippen LogP contribution in [0.25, 0.3) is 11.1 Å². The molecule has 0 aliphatic rings. The third-order valence-electron chi connectivity index (χ3n) is 5.19. The van der Waals surface area contributed by atoms with Gasteiger partial charge in [0.15, 0.2) is 0 Å². The molecule has 0 aromatic heterocycles. The molecule has 0 N–H and O–H groups in total. The summed E-state index contributed by atoms with van der Waals surface area (Å²) in [4.78, 5) is 24.3. The highest BCUT2D eigenvalue weighted by Crippen LogP contribution is 2.26. The van der Waals surface area contributed by atoms with Crippen molar-refractivity contribution >= 4 is 11.9 Å². The first kappa shape index (κ1) is 23.0. The third-order valence-corrected chi connectivity index (χ3v) is 5.19. The van der Waals surface area contributed by atoms with Crippen LogP contribution in [0.5, 0.6) is 5.75 Å². The van der Waals surface area contributed by atoms with E-state index in [0.717, 1.165) is 42.4 Å². The summed E-state index contributed by atoms with van der Waals surface area (Å²) < 4.78 is 11.0. The van der Waals surface area contributed by atoms with Crippen LogP contribution in [0.1, 0.15) is 54.6 Å². The molecule has 3 aromatic rings. The lowest BCUT2D eigenvalue weighted by molar-refractivity contribution is -0.143. The van der Waals surface area contributed by atoms with Crippen LogP contribution in [-0.4, -0.2) is 11.9 Å². The van der Waals surface area contributed by atoms with Crippen LogP contribution in [0.3, 0.4) is 0 Å². The molecule has 0 bridgehead atoms. The van der Waals surface area contributed by atoms with Gasteiger partial charge in [-0.25, -0.2) is 9.59 Å². The summed E-state index contributed by atoms with van der Waals surface area (Å²) in [5.74, 6) is -0.403. The van der Waals surface area contributed by atoms with Crippen molar-refractivity contribution in [1.29, 1.82) is 0 Å². The predicted molar refractivity (Wildman–Crippen MR) is 126 cm³/mol. The van der Waals surface area contributed by atoms with E-state index < -0.39 is 11.9 Å². The highest BCUT2D eigenvalue weighted by molar-refractivity contribution is 5.91. The van der Waals surface area contributed by atoms with E-state index in [1.807, 2.05) is 54.6 Å². The number of hydrogen-bond donors (Lipinski definition) is 0. The second kappa shape index (κ2) is 11.7. The fourth-order valence-electron chi connectivity index (χ4n) is 3.41. The van der Waals surface area contributed by atoms with Crippen molar-refractivity contribution in [3.05, 3.63) is 103 Å². The molecule has 3 rings (SSSR count). The topological polar surface area (TPSA) is 52.6 Å². The number of ether oxygens (including phenoxy) is 2. The molecule has 4 nitrogen and oxygen atoms in total. The molecule has 0 saturated carbocycles. The summed E-state index contributed by atoms with van der Waals surface area (Å²) in [6, 6.07) is 24.4. The number of benzene rings is 3. The summed E-state index contributed by atoms with van der Waals surface area (Å²) in [7, 11) is 0. The predicted octanol–water partition coefficient (Wildman–Crippen LogP) is 6.92. The molecule has 0 heterocycles. The van der Waals surface area contributed by atoms with Crippen LogP contribution >= 0.6 is 0 Å². The first-order valence-corrected chi connectivity index (χ1v) is 10.9. The van der Waals surface area contributed by atoms with Crippen LogP contribution in [0.15, 0.2) is 91.5 Å². The first-order valence-electron chi connectivity index (χ1n) is 10.9. The summed E-state index contributed by atoms with van der Waals surface area (Å²) in [5, 5.41) is 0. The Hall–Kier alpha value is -3.66. The number of unbranched alkanes of at least 4 members (excludes halogenated alkanes) is 2. The minimum atomic E-state index is -0.450. The Labute approximate surface area is 189 Å². The fourth-order valence-corrected chi connectivity index (χ4v) is 3.41. The molecule has 32 heavy (non-hydrogen) atoms. The van der Waals surface area contributed by atoms with Crippen LogP contribution in [0, 0.1) is 0 Å². The number of carbonyl (C=O) groups excluding carboxylic acids is 2. The quantitative estimate of drug-likeness (QED) is 0.152. The number of rotatable bonds is 10. The summed E-state index contributed by atoms with van der Waals surface area (Å²) in [6.07, 6.45) is 4.64. The van der Waals surface area contributed by atoms with Gasteiger partial charge in [-0.2, -0.15) is 0 Å². The molecule has 1 unspecified atom stereocenters. The van der Waals surface area contributed by atoms with Gasteiger partial charge in [0.1, 0.15) is 11.9 Å². The van der Waals surface area contributed by atoms with Crippen molar-refractivity contribution in [2.45, 2.75) is 38.7 Å². The molecule has 0 fully saturated rings. The maximum atomic E-state index is 12.6. The van der Waals surface area contributed by atoms with Crippen LogP contribution < -0.4 is 4.74 Å². The van der Waals surface area contributed by atoms with E-state index in [2.05, 4.69) is 13.5 Å². The van der Waals surface area contributed by atoms with Crippen molar-refractivity contribution in [2.24, 2.45) is 0 Å². The molecule has 0 amide bonds. The maximum Gasteiger partial charge on any atom is 0.343 e. The van der Waals surface area contributed by atoms with Gasteiger partial charge in [-0.05, 0) is 53.8 Å². The molecule has 0 radical (unpaired) electrons. The van der Waals surface area contributed by atoms with E-state index in [9.17, 15) is 9.59 Å². The zero-order valence-electron chi connectivity index (χ0n) is 18.3. The van der Waals surface area contributed by atoms with Gasteiger partial charge < -0.3 is 9.47 Å². The second-order valence-electron chi connectivity index (χ2n) is 7.53. The van der Waals surface area contributed by atoms with Crippen LogP contribution in [0.2, 0.25) is 0 Å². The average molecular weight is 429 g/mol. The zero-order chi connectivity index (χ0) is 22.8. The Kier molecular flexibility index (Phi) is 8.38. The van der Waals surface area contributed by atoms with Crippen molar-refractivity contribution in [3.8, 4) is 16.9 Å². The first-order chi connectivity index (χ1) is 15.6. The Bertz CT molecular complexity index is 1020. The van der Waals surface area contributed by atoms with Gasteiger partial charge in [0.25, 0.3) is 0 Å². The van der Waals surface area contributed by atoms with Crippen molar-refractivity contribution < 1.29 is 19.1 Å².